The Morgan fingerprint density at radius 2 is 1.95 bits per heavy atom. The maximum Gasteiger partial charge on any atom is 0.213 e. The molecule has 0 bridgehead atoms. The molecule has 22 heavy (non-hydrogen) atoms. The van der Waals surface area contributed by atoms with Gasteiger partial charge in [-0.15, -0.1) is 0 Å². The molecule has 0 atom stereocenters. The van der Waals surface area contributed by atoms with Crippen molar-refractivity contribution in [3.05, 3.63) is 47.8 Å². The van der Waals surface area contributed by atoms with Gasteiger partial charge in [0.25, 0.3) is 0 Å². The monoisotopic (exact) mass is 294 g/mol. The largest absolute Gasteiger partial charge is 0.474 e. The van der Waals surface area contributed by atoms with Gasteiger partial charge >= 0.3 is 0 Å². The van der Waals surface area contributed by atoms with E-state index in [0.717, 1.165) is 37.3 Å². The second kappa shape index (κ2) is 6.44. The van der Waals surface area contributed by atoms with Gasteiger partial charge in [0.15, 0.2) is 0 Å². The van der Waals surface area contributed by atoms with Crippen LogP contribution in [-0.2, 0) is 0 Å². The van der Waals surface area contributed by atoms with E-state index in [1.165, 1.54) is 0 Å². The summed E-state index contributed by atoms with van der Waals surface area (Å²) in [4.78, 5) is 10.9. The van der Waals surface area contributed by atoms with Crippen molar-refractivity contribution < 1.29 is 4.74 Å². The van der Waals surface area contributed by atoms with Gasteiger partial charge in [0.05, 0.1) is 5.56 Å². The van der Waals surface area contributed by atoms with E-state index in [0.29, 0.717) is 11.4 Å². The minimum Gasteiger partial charge on any atom is -0.474 e. The summed E-state index contributed by atoms with van der Waals surface area (Å²) in [5.74, 6) is 1.62. The Morgan fingerprint density at radius 3 is 2.55 bits per heavy atom. The molecule has 3 heterocycles. The predicted octanol–water partition coefficient (Wildman–Crippen LogP) is 2.70. The second-order valence-corrected chi connectivity index (χ2v) is 5.49. The fraction of sp³-hybridized carbons (Fsp3) is 0.353. The van der Waals surface area contributed by atoms with E-state index >= 15 is 0 Å². The number of ether oxygens (including phenoxy) is 1. The molecule has 0 aromatic carbocycles. The lowest BCUT2D eigenvalue weighted by molar-refractivity contribution is 0.164. The molecule has 1 fully saturated rings. The Balaban J connectivity index is 1.55. The molecular formula is C17H18N4O. The molecule has 0 unspecified atom stereocenters. The first-order valence-corrected chi connectivity index (χ1v) is 7.45. The molecule has 0 radical (unpaired) electrons. The van der Waals surface area contributed by atoms with Gasteiger partial charge < -0.3 is 9.64 Å². The summed E-state index contributed by atoms with van der Waals surface area (Å²) >= 11 is 0. The minimum absolute atomic E-state index is 0.199. The summed E-state index contributed by atoms with van der Waals surface area (Å²) in [7, 11) is 0. The first-order valence-electron chi connectivity index (χ1n) is 7.45. The van der Waals surface area contributed by atoms with Gasteiger partial charge in [0.1, 0.15) is 18.0 Å². The average molecular weight is 294 g/mol. The molecular weight excluding hydrogens is 276 g/mol. The highest BCUT2D eigenvalue weighted by atomic mass is 16.5. The normalized spacial score (nSPS) is 15.4. The lowest BCUT2D eigenvalue weighted by atomic mass is 10.1. The van der Waals surface area contributed by atoms with E-state index in [9.17, 15) is 0 Å². The van der Waals surface area contributed by atoms with Crippen LogP contribution in [0.4, 0.5) is 5.82 Å². The fourth-order valence-electron chi connectivity index (χ4n) is 2.54. The van der Waals surface area contributed by atoms with Crippen molar-refractivity contribution >= 4 is 5.82 Å². The number of nitrogens with zero attached hydrogens (tertiary/aromatic N) is 4. The number of nitriles is 1. The lowest BCUT2D eigenvalue weighted by Crippen LogP contribution is -2.38. The molecule has 1 saturated heterocycles. The molecule has 0 saturated carbocycles. The first kappa shape index (κ1) is 14.3. The lowest BCUT2D eigenvalue weighted by Gasteiger charge is -2.32. The van der Waals surface area contributed by atoms with Crippen LogP contribution < -0.4 is 9.64 Å². The zero-order chi connectivity index (χ0) is 15.4. The van der Waals surface area contributed by atoms with Crippen molar-refractivity contribution in [3.63, 3.8) is 0 Å². The molecule has 5 nitrogen and oxygen atoms in total. The smallest absolute Gasteiger partial charge is 0.213 e. The zero-order valence-electron chi connectivity index (χ0n) is 12.6. The molecule has 0 spiro atoms. The van der Waals surface area contributed by atoms with Crippen LogP contribution in [0.1, 0.15) is 24.0 Å². The fourth-order valence-corrected chi connectivity index (χ4v) is 2.54. The van der Waals surface area contributed by atoms with E-state index in [-0.39, 0.29) is 6.10 Å². The van der Waals surface area contributed by atoms with Crippen LogP contribution in [0.2, 0.25) is 0 Å². The Labute approximate surface area is 130 Å². The molecule has 5 heteroatoms. The van der Waals surface area contributed by atoms with Crippen LogP contribution in [0, 0.1) is 18.3 Å². The van der Waals surface area contributed by atoms with Crippen molar-refractivity contribution in [2.45, 2.75) is 25.9 Å². The number of hydrogen-bond donors (Lipinski definition) is 0. The molecule has 0 N–H and O–H groups in total. The summed E-state index contributed by atoms with van der Waals surface area (Å²) in [6, 6.07) is 9.73. The third-order valence-electron chi connectivity index (χ3n) is 3.81. The van der Waals surface area contributed by atoms with E-state index in [2.05, 4.69) is 20.9 Å². The van der Waals surface area contributed by atoms with Gasteiger partial charge in [0.2, 0.25) is 5.88 Å². The molecule has 1 aliphatic heterocycles. The summed E-state index contributed by atoms with van der Waals surface area (Å²) in [5, 5.41) is 8.80. The number of anilines is 1. The van der Waals surface area contributed by atoms with Crippen molar-refractivity contribution in [3.8, 4) is 11.9 Å². The Hall–Kier alpha value is -2.61. The number of aromatic nitrogens is 2. The number of aryl methyl sites for hydroxylation is 1. The highest BCUT2D eigenvalue weighted by Crippen LogP contribution is 2.21. The van der Waals surface area contributed by atoms with Gasteiger partial charge in [-0.1, -0.05) is 6.07 Å². The average Bonchev–Trinajstić information content (AvgIpc) is 2.58. The van der Waals surface area contributed by atoms with Crippen molar-refractivity contribution in [1.82, 2.24) is 9.97 Å². The van der Waals surface area contributed by atoms with Gasteiger partial charge in [0, 0.05) is 44.4 Å². The molecule has 0 aliphatic carbocycles. The topological polar surface area (TPSA) is 62.0 Å². The highest BCUT2D eigenvalue weighted by molar-refractivity contribution is 5.42. The SMILES string of the molecule is Cc1ccc(OC2CCN(c3ccc(C#N)cn3)CC2)nc1. The molecule has 3 rings (SSSR count). The van der Waals surface area contributed by atoms with Crippen molar-refractivity contribution in [2.24, 2.45) is 0 Å². The van der Waals surface area contributed by atoms with Crippen molar-refractivity contribution in [1.29, 1.82) is 5.26 Å². The van der Waals surface area contributed by atoms with E-state index in [4.69, 9.17) is 10.00 Å². The second-order valence-electron chi connectivity index (χ2n) is 5.49. The van der Waals surface area contributed by atoms with Crippen molar-refractivity contribution in [2.75, 3.05) is 18.0 Å². The van der Waals surface area contributed by atoms with Gasteiger partial charge in [-0.25, -0.2) is 9.97 Å². The Bertz CT molecular complexity index is 653. The maximum absolute atomic E-state index is 8.80. The van der Waals surface area contributed by atoms with Crippen LogP contribution in [-0.4, -0.2) is 29.2 Å². The van der Waals surface area contributed by atoms with E-state index in [1.807, 2.05) is 31.3 Å². The zero-order valence-corrected chi connectivity index (χ0v) is 12.6. The van der Waals surface area contributed by atoms with Crippen LogP contribution in [0.3, 0.4) is 0 Å². The summed E-state index contributed by atoms with van der Waals surface area (Å²) < 4.78 is 5.93. The van der Waals surface area contributed by atoms with E-state index < -0.39 is 0 Å². The molecule has 1 aliphatic rings. The van der Waals surface area contributed by atoms with Gasteiger partial charge in [-0.2, -0.15) is 5.26 Å². The molecule has 0 amide bonds. The third-order valence-corrected chi connectivity index (χ3v) is 3.81. The summed E-state index contributed by atoms with van der Waals surface area (Å²) in [6.45, 7) is 3.81. The van der Waals surface area contributed by atoms with Crippen LogP contribution in [0.15, 0.2) is 36.7 Å². The standard InChI is InChI=1S/C17H18N4O/c1-13-2-5-17(20-11-13)22-15-6-8-21(9-7-15)16-4-3-14(10-18)12-19-16/h2-5,11-12,15H,6-9H2,1H3. The maximum atomic E-state index is 8.80. The van der Waals surface area contributed by atoms with Crippen LogP contribution in [0.25, 0.3) is 0 Å². The Morgan fingerprint density at radius 1 is 1.14 bits per heavy atom. The summed E-state index contributed by atoms with van der Waals surface area (Å²) in [5.41, 5.74) is 1.72. The van der Waals surface area contributed by atoms with E-state index in [1.54, 1.807) is 12.3 Å². The van der Waals surface area contributed by atoms with Gasteiger partial charge in [-0.3, -0.25) is 0 Å². The Kier molecular flexibility index (Phi) is 4.19. The first-order chi connectivity index (χ1) is 10.7. The number of rotatable bonds is 3. The highest BCUT2D eigenvalue weighted by Gasteiger charge is 2.21. The molecule has 112 valence electrons. The van der Waals surface area contributed by atoms with Gasteiger partial charge in [-0.05, 0) is 24.6 Å². The molecule has 2 aromatic rings. The number of pyridine rings is 2. The van der Waals surface area contributed by atoms with Crippen LogP contribution in [0.5, 0.6) is 5.88 Å². The number of piperidine rings is 1. The summed E-state index contributed by atoms with van der Waals surface area (Å²) in [6.07, 6.45) is 5.53. The molecule has 2 aromatic heterocycles. The van der Waals surface area contributed by atoms with Crippen LogP contribution >= 0.6 is 0 Å². The third kappa shape index (κ3) is 3.34. The minimum atomic E-state index is 0.199. The quantitative estimate of drug-likeness (QED) is 0.871. The predicted molar refractivity (Wildman–Crippen MR) is 83.8 cm³/mol. The number of hydrogen-bond acceptors (Lipinski definition) is 5.